The SMILES string of the molecule is C=CC(=O)[C@@H]1CC[C@@H](CO)C[C@H]1c1c(O)cc(C23CC4CC(CC(C4)C2)C3)cc1O. The van der Waals surface area contributed by atoms with Crippen molar-refractivity contribution in [1.29, 1.82) is 0 Å². The average molecular weight is 411 g/mol. The normalized spacial score (nSPS) is 39.8. The molecule has 0 unspecified atom stereocenters. The van der Waals surface area contributed by atoms with Crippen molar-refractivity contribution in [1.82, 2.24) is 0 Å². The molecule has 5 aliphatic carbocycles. The fourth-order valence-electron chi connectivity index (χ4n) is 8.01. The molecule has 30 heavy (non-hydrogen) atoms. The number of benzene rings is 1. The van der Waals surface area contributed by atoms with Gasteiger partial charge in [0.05, 0.1) is 0 Å². The van der Waals surface area contributed by atoms with Crippen molar-refractivity contribution in [2.24, 2.45) is 29.6 Å². The summed E-state index contributed by atoms with van der Waals surface area (Å²) in [7, 11) is 0. The summed E-state index contributed by atoms with van der Waals surface area (Å²) in [5.74, 6) is 2.07. The third kappa shape index (κ3) is 3.19. The van der Waals surface area contributed by atoms with Crippen LogP contribution in [0.15, 0.2) is 24.8 Å². The first-order valence-electron chi connectivity index (χ1n) is 11.8. The van der Waals surface area contributed by atoms with E-state index in [0.717, 1.165) is 29.7 Å². The summed E-state index contributed by atoms with van der Waals surface area (Å²) >= 11 is 0. The van der Waals surface area contributed by atoms with Gasteiger partial charge < -0.3 is 15.3 Å². The van der Waals surface area contributed by atoms with E-state index in [9.17, 15) is 20.1 Å². The maximum absolute atomic E-state index is 12.5. The minimum absolute atomic E-state index is 0.0413. The third-order valence-electron chi connectivity index (χ3n) is 8.94. The van der Waals surface area contributed by atoms with Gasteiger partial charge in [-0.2, -0.15) is 0 Å². The van der Waals surface area contributed by atoms with Crippen molar-refractivity contribution in [2.45, 2.75) is 69.1 Å². The molecule has 5 fully saturated rings. The first kappa shape index (κ1) is 20.1. The van der Waals surface area contributed by atoms with Crippen LogP contribution in [-0.4, -0.2) is 27.7 Å². The van der Waals surface area contributed by atoms with Gasteiger partial charge in [-0.15, -0.1) is 0 Å². The number of allylic oxidation sites excluding steroid dienone is 1. The molecule has 162 valence electrons. The van der Waals surface area contributed by atoms with Crippen molar-refractivity contribution < 1.29 is 20.1 Å². The molecule has 1 aromatic rings. The zero-order valence-electron chi connectivity index (χ0n) is 17.7. The van der Waals surface area contributed by atoms with Crippen LogP contribution in [0, 0.1) is 29.6 Å². The van der Waals surface area contributed by atoms with Crippen LogP contribution in [0.4, 0.5) is 0 Å². The molecule has 4 heteroatoms. The Bertz CT molecular complexity index is 798. The van der Waals surface area contributed by atoms with Crippen LogP contribution in [0.2, 0.25) is 0 Å². The molecule has 0 radical (unpaired) electrons. The Morgan fingerprint density at radius 2 is 1.57 bits per heavy atom. The number of aliphatic hydroxyl groups is 1. The smallest absolute Gasteiger partial charge is 0.158 e. The van der Waals surface area contributed by atoms with Crippen molar-refractivity contribution in [3.05, 3.63) is 35.9 Å². The highest BCUT2D eigenvalue weighted by Gasteiger charge is 2.52. The number of phenolic OH excluding ortho intramolecular Hbond substituents is 2. The lowest BCUT2D eigenvalue weighted by Crippen LogP contribution is -2.48. The van der Waals surface area contributed by atoms with Gasteiger partial charge in [0.2, 0.25) is 0 Å². The van der Waals surface area contributed by atoms with Crippen LogP contribution in [-0.2, 0) is 10.2 Å². The first-order chi connectivity index (χ1) is 14.4. The number of rotatable bonds is 5. The molecule has 0 aromatic heterocycles. The molecule has 5 aliphatic rings. The van der Waals surface area contributed by atoms with Gasteiger partial charge in [0, 0.05) is 24.0 Å². The van der Waals surface area contributed by atoms with Crippen LogP contribution in [0.5, 0.6) is 11.5 Å². The number of phenols is 2. The van der Waals surface area contributed by atoms with Gasteiger partial charge in [0.1, 0.15) is 11.5 Å². The lowest BCUT2D eigenvalue weighted by Gasteiger charge is -2.57. The van der Waals surface area contributed by atoms with Crippen molar-refractivity contribution in [3.63, 3.8) is 0 Å². The molecule has 5 saturated carbocycles. The molecular weight excluding hydrogens is 376 g/mol. The summed E-state index contributed by atoms with van der Waals surface area (Å²) in [6.45, 7) is 3.71. The van der Waals surface area contributed by atoms with Gasteiger partial charge in [-0.05, 0) is 111 Å². The Kier molecular flexibility index (Phi) is 4.96. The van der Waals surface area contributed by atoms with Crippen molar-refractivity contribution >= 4 is 5.78 Å². The Morgan fingerprint density at radius 1 is 1.00 bits per heavy atom. The van der Waals surface area contributed by atoms with Crippen molar-refractivity contribution in [3.8, 4) is 11.5 Å². The lowest BCUT2D eigenvalue weighted by molar-refractivity contribution is -0.120. The van der Waals surface area contributed by atoms with E-state index in [2.05, 4.69) is 6.58 Å². The first-order valence-corrected chi connectivity index (χ1v) is 11.8. The highest BCUT2D eigenvalue weighted by Crippen LogP contribution is 2.61. The molecule has 4 nitrogen and oxygen atoms in total. The molecule has 0 heterocycles. The Balaban J connectivity index is 1.51. The van der Waals surface area contributed by atoms with Gasteiger partial charge >= 0.3 is 0 Å². The summed E-state index contributed by atoms with van der Waals surface area (Å²) in [5.41, 5.74) is 1.67. The molecule has 4 bridgehead atoms. The fraction of sp³-hybridized carbons (Fsp3) is 0.654. The molecule has 0 spiro atoms. The topological polar surface area (TPSA) is 77.8 Å². The summed E-state index contributed by atoms with van der Waals surface area (Å²) in [4.78, 5) is 12.5. The van der Waals surface area contributed by atoms with E-state index in [0.29, 0.717) is 18.4 Å². The number of hydrogen-bond acceptors (Lipinski definition) is 4. The highest BCUT2D eigenvalue weighted by atomic mass is 16.3. The fourth-order valence-corrected chi connectivity index (χ4v) is 8.01. The van der Waals surface area contributed by atoms with Gasteiger partial charge in [-0.25, -0.2) is 0 Å². The van der Waals surface area contributed by atoms with E-state index in [1.54, 1.807) is 0 Å². The minimum Gasteiger partial charge on any atom is -0.508 e. The molecule has 3 N–H and O–H groups in total. The summed E-state index contributed by atoms with van der Waals surface area (Å²) in [6, 6.07) is 3.78. The van der Waals surface area contributed by atoms with Crippen LogP contribution in [0.25, 0.3) is 0 Å². The minimum atomic E-state index is -0.299. The zero-order chi connectivity index (χ0) is 21.0. The summed E-state index contributed by atoms with van der Waals surface area (Å²) < 4.78 is 0. The van der Waals surface area contributed by atoms with Crippen LogP contribution < -0.4 is 0 Å². The number of aliphatic hydroxyl groups excluding tert-OH is 1. The maximum atomic E-state index is 12.5. The predicted molar refractivity (Wildman–Crippen MR) is 115 cm³/mol. The number of aromatic hydroxyl groups is 2. The van der Waals surface area contributed by atoms with Crippen molar-refractivity contribution in [2.75, 3.05) is 6.61 Å². The molecule has 0 aliphatic heterocycles. The average Bonchev–Trinajstić information content (AvgIpc) is 2.71. The molecule has 3 atom stereocenters. The van der Waals surface area contributed by atoms with E-state index in [4.69, 9.17) is 0 Å². The van der Waals surface area contributed by atoms with Gasteiger partial charge in [-0.3, -0.25) is 4.79 Å². The second kappa shape index (κ2) is 7.40. The van der Waals surface area contributed by atoms with Gasteiger partial charge in [0.15, 0.2) is 5.78 Å². The second-order valence-electron chi connectivity index (χ2n) is 10.8. The lowest BCUT2D eigenvalue weighted by atomic mass is 9.48. The zero-order valence-corrected chi connectivity index (χ0v) is 17.7. The van der Waals surface area contributed by atoms with Gasteiger partial charge in [0.25, 0.3) is 0 Å². The number of carbonyl (C=O) groups is 1. The quantitative estimate of drug-likeness (QED) is 0.609. The summed E-state index contributed by atoms with van der Waals surface area (Å²) in [6.07, 6.45) is 11.0. The molecule has 0 amide bonds. The Labute approximate surface area is 179 Å². The van der Waals surface area contributed by atoms with E-state index in [1.165, 1.54) is 44.6 Å². The van der Waals surface area contributed by atoms with E-state index >= 15 is 0 Å². The standard InChI is InChI=1S/C26H34O4/c1-2-22(28)20-4-3-15(14-27)8-21(20)25-23(29)9-19(10-24(25)30)26-11-16-5-17(12-26)7-18(6-16)13-26/h2,9-10,15-18,20-21,27,29-30H,1,3-8,11-14H2/t15-,16?,17?,18?,20-,21-,26?/m1/s1. The predicted octanol–water partition coefficient (Wildman–Crippen LogP) is 4.81. The Morgan fingerprint density at radius 3 is 2.07 bits per heavy atom. The van der Waals surface area contributed by atoms with Gasteiger partial charge in [-0.1, -0.05) is 6.58 Å². The monoisotopic (exact) mass is 410 g/mol. The number of hydrogen-bond donors (Lipinski definition) is 3. The third-order valence-corrected chi connectivity index (χ3v) is 8.94. The number of carbonyl (C=O) groups excluding carboxylic acids is 1. The van der Waals surface area contributed by atoms with Crippen LogP contribution in [0.3, 0.4) is 0 Å². The molecule has 1 aromatic carbocycles. The van der Waals surface area contributed by atoms with E-state index in [-0.39, 0.29) is 47.1 Å². The maximum Gasteiger partial charge on any atom is 0.158 e. The highest BCUT2D eigenvalue weighted by molar-refractivity contribution is 5.92. The summed E-state index contributed by atoms with van der Waals surface area (Å²) in [5, 5.41) is 31.9. The van der Waals surface area contributed by atoms with Crippen LogP contribution in [0.1, 0.15) is 74.8 Å². The molecule has 0 saturated heterocycles. The van der Waals surface area contributed by atoms with E-state index < -0.39 is 0 Å². The van der Waals surface area contributed by atoms with Crippen LogP contribution >= 0.6 is 0 Å². The second-order valence-corrected chi connectivity index (χ2v) is 10.8. The molecule has 6 rings (SSSR count). The van der Waals surface area contributed by atoms with E-state index in [1.807, 2.05) is 12.1 Å². The largest absolute Gasteiger partial charge is 0.508 e. The Hall–Kier alpha value is -1.81. The molecular formula is C26H34O4. The number of ketones is 1.